The third-order valence-electron chi connectivity index (χ3n) is 4.27. The second kappa shape index (κ2) is 4.93. The number of carboxylic acid groups (broad SMARTS) is 1. The number of ether oxygens (including phenoxy) is 1. The number of aryl methyl sites for hydroxylation is 2. The standard InChI is InChI=1S/C15H18ClNO3/c1-10-6-13-11(7-12(10)16)2-3-15(20-13)4-5-17(9-15)8-14(18)19/h6-7H,2-5,8-9H2,1H3,(H,18,19). The second-order valence-electron chi connectivity index (χ2n) is 5.85. The van der Waals surface area contributed by atoms with E-state index in [0.29, 0.717) is 6.54 Å². The first kappa shape index (κ1) is 13.7. The highest BCUT2D eigenvalue weighted by molar-refractivity contribution is 6.31. The zero-order chi connectivity index (χ0) is 14.3. The third-order valence-corrected chi connectivity index (χ3v) is 4.68. The van der Waals surface area contributed by atoms with Crippen LogP contribution in [0.5, 0.6) is 5.75 Å². The van der Waals surface area contributed by atoms with E-state index in [0.717, 1.165) is 47.7 Å². The molecule has 0 amide bonds. The van der Waals surface area contributed by atoms with Crippen molar-refractivity contribution >= 4 is 17.6 Å². The van der Waals surface area contributed by atoms with Crippen LogP contribution in [0.4, 0.5) is 0 Å². The molecule has 2 aliphatic rings. The molecule has 1 unspecified atom stereocenters. The van der Waals surface area contributed by atoms with Gasteiger partial charge in [-0.1, -0.05) is 11.6 Å². The first-order chi connectivity index (χ1) is 9.47. The predicted molar refractivity (Wildman–Crippen MR) is 76.6 cm³/mol. The molecular weight excluding hydrogens is 278 g/mol. The van der Waals surface area contributed by atoms with Crippen molar-refractivity contribution in [3.05, 3.63) is 28.3 Å². The van der Waals surface area contributed by atoms with Crippen molar-refractivity contribution in [1.29, 1.82) is 0 Å². The van der Waals surface area contributed by atoms with Gasteiger partial charge < -0.3 is 9.84 Å². The van der Waals surface area contributed by atoms with Gasteiger partial charge in [-0.2, -0.15) is 0 Å². The summed E-state index contributed by atoms with van der Waals surface area (Å²) in [6.07, 6.45) is 2.76. The lowest BCUT2D eigenvalue weighted by atomic mass is 9.90. The number of carbonyl (C=O) groups is 1. The lowest BCUT2D eigenvalue weighted by Crippen LogP contribution is -2.43. The summed E-state index contributed by atoms with van der Waals surface area (Å²) in [6.45, 7) is 3.55. The molecule has 0 aliphatic carbocycles. The van der Waals surface area contributed by atoms with Gasteiger partial charge in [0.25, 0.3) is 0 Å². The van der Waals surface area contributed by atoms with Gasteiger partial charge in [0, 0.05) is 24.5 Å². The van der Waals surface area contributed by atoms with Crippen molar-refractivity contribution < 1.29 is 14.6 Å². The highest BCUT2D eigenvalue weighted by Gasteiger charge is 2.43. The van der Waals surface area contributed by atoms with Gasteiger partial charge in [0.05, 0.1) is 6.54 Å². The van der Waals surface area contributed by atoms with Gasteiger partial charge in [0.2, 0.25) is 0 Å². The van der Waals surface area contributed by atoms with Crippen molar-refractivity contribution in [2.75, 3.05) is 19.6 Å². The average molecular weight is 296 g/mol. The molecule has 108 valence electrons. The van der Waals surface area contributed by atoms with Gasteiger partial charge >= 0.3 is 5.97 Å². The van der Waals surface area contributed by atoms with Crippen LogP contribution in [0.2, 0.25) is 5.02 Å². The van der Waals surface area contributed by atoms with E-state index in [1.54, 1.807) is 0 Å². The van der Waals surface area contributed by atoms with E-state index in [4.69, 9.17) is 21.4 Å². The molecule has 2 heterocycles. The Kier molecular flexibility index (Phi) is 3.38. The smallest absolute Gasteiger partial charge is 0.317 e. The minimum atomic E-state index is -0.777. The van der Waals surface area contributed by atoms with Crippen molar-refractivity contribution in [1.82, 2.24) is 4.90 Å². The summed E-state index contributed by atoms with van der Waals surface area (Å²) in [4.78, 5) is 12.8. The van der Waals surface area contributed by atoms with Gasteiger partial charge in [-0.15, -0.1) is 0 Å². The number of rotatable bonds is 2. The van der Waals surface area contributed by atoms with Gasteiger partial charge in [-0.25, -0.2) is 0 Å². The molecule has 1 atom stereocenters. The fourth-order valence-electron chi connectivity index (χ4n) is 3.17. The molecule has 1 aromatic carbocycles. The molecule has 0 aromatic heterocycles. The maximum Gasteiger partial charge on any atom is 0.317 e. The molecule has 1 saturated heterocycles. The summed E-state index contributed by atoms with van der Waals surface area (Å²) in [5.74, 6) is 0.135. The van der Waals surface area contributed by atoms with Crippen molar-refractivity contribution in [3.63, 3.8) is 0 Å². The number of halogens is 1. The summed E-state index contributed by atoms with van der Waals surface area (Å²) >= 11 is 6.15. The summed E-state index contributed by atoms with van der Waals surface area (Å²) in [5, 5.41) is 9.67. The van der Waals surface area contributed by atoms with Gasteiger partial charge in [-0.05, 0) is 43.0 Å². The first-order valence-electron chi connectivity index (χ1n) is 6.90. The fourth-order valence-corrected chi connectivity index (χ4v) is 3.36. The van der Waals surface area contributed by atoms with Crippen LogP contribution in [0.3, 0.4) is 0 Å². The van der Waals surface area contributed by atoms with Gasteiger partial charge in [0.1, 0.15) is 11.4 Å². The number of aliphatic carboxylic acids is 1. The molecule has 5 heteroatoms. The quantitative estimate of drug-likeness (QED) is 0.911. The van der Waals surface area contributed by atoms with E-state index >= 15 is 0 Å². The van der Waals surface area contributed by atoms with Crippen LogP contribution in [0.15, 0.2) is 12.1 Å². The Balaban J connectivity index is 1.79. The zero-order valence-corrected chi connectivity index (χ0v) is 12.2. The number of likely N-dealkylation sites (tertiary alicyclic amines) is 1. The van der Waals surface area contributed by atoms with Gasteiger partial charge in [-0.3, -0.25) is 9.69 Å². The second-order valence-corrected chi connectivity index (χ2v) is 6.26. The Hall–Kier alpha value is -1.26. The summed E-state index contributed by atoms with van der Waals surface area (Å²) in [7, 11) is 0. The topological polar surface area (TPSA) is 49.8 Å². The molecule has 2 aliphatic heterocycles. The Morgan fingerprint density at radius 1 is 1.50 bits per heavy atom. The lowest BCUT2D eigenvalue weighted by molar-refractivity contribution is -0.138. The van der Waals surface area contributed by atoms with Crippen LogP contribution in [0, 0.1) is 6.92 Å². The van der Waals surface area contributed by atoms with Crippen LogP contribution in [0.1, 0.15) is 24.0 Å². The third kappa shape index (κ3) is 2.50. The SMILES string of the molecule is Cc1cc2c(cc1Cl)CCC1(CCN(CC(=O)O)C1)O2. The number of fused-ring (bicyclic) bond motifs is 1. The maximum absolute atomic E-state index is 10.8. The maximum atomic E-state index is 10.8. The summed E-state index contributed by atoms with van der Waals surface area (Å²) < 4.78 is 6.23. The van der Waals surface area contributed by atoms with Crippen LogP contribution < -0.4 is 4.74 Å². The molecule has 0 bridgehead atoms. The van der Waals surface area contributed by atoms with Crippen LogP contribution in [-0.2, 0) is 11.2 Å². The minimum Gasteiger partial charge on any atom is -0.486 e. The van der Waals surface area contributed by atoms with Gasteiger partial charge in [0.15, 0.2) is 0 Å². The molecule has 0 saturated carbocycles. The number of carboxylic acids is 1. The van der Waals surface area contributed by atoms with Crippen molar-refractivity contribution in [2.24, 2.45) is 0 Å². The van der Waals surface area contributed by atoms with Crippen LogP contribution >= 0.6 is 11.6 Å². The Morgan fingerprint density at radius 3 is 3.05 bits per heavy atom. The number of nitrogens with zero attached hydrogens (tertiary/aromatic N) is 1. The molecule has 1 fully saturated rings. The van der Waals surface area contributed by atoms with Crippen molar-refractivity contribution in [3.8, 4) is 5.75 Å². The fraction of sp³-hybridized carbons (Fsp3) is 0.533. The van der Waals surface area contributed by atoms with Crippen molar-refractivity contribution in [2.45, 2.75) is 31.8 Å². The predicted octanol–water partition coefficient (Wildman–Crippen LogP) is 2.50. The molecule has 0 radical (unpaired) electrons. The Bertz CT molecular complexity index is 560. The van der Waals surface area contributed by atoms with E-state index in [2.05, 4.69) is 0 Å². The normalized spacial score (nSPS) is 25.5. The highest BCUT2D eigenvalue weighted by Crippen LogP contribution is 2.40. The molecule has 1 aromatic rings. The monoisotopic (exact) mass is 295 g/mol. The zero-order valence-electron chi connectivity index (χ0n) is 11.5. The molecule has 4 nitrogen and oxygen atoms in total. The molecular formula is C15H18ClNO3. The van der Waals surface area contributed by atoms with Crippen LogP contribution in [-0.4, -0.2) is 41.2 Å². The molecule has 1 N–H and O–H groups in total. The first-order valence-corrected chi connectivity index (χ1v) is 7.27. The van der Waals surface area contributed by atoms with E-state index in [1.807, 2.05) is 24.0 Å². The Morgan fingerprint density at radius 2 is 2.30 bits per heavy atom. The van der Waals surface area contributed by atoms with Crippen LogP contribution in [0.25, 0.3) is 0 Å². The molecule has 1 spiro atoms. The molecule has 20 heavy (non-hydrogen) atoms. The summed E-state index contributed by atoms with van der Waals surface area (Å²) in [5.41, 5.74) is 1.95. The largest absolute Gasteiger partial charge is 0.486 e. The molecule has 3 rings (SSSR count). The van der Waals surface area contributed by atoms with E-state index in [9.17, 15) is 4.79 Å². The number of benzene rings is 1. The van der Waals surface area contributed by atoms with E-state index in [1.165, 1.54) is 0 Å². The number of hydrogen-bond donors (Lipinski definition) is 1. The van der Waals surface area contributed by atoms with E-state index in [-0.39, 0.29) is 12.1 Å². The highest BCUT2D eigenvalue weighted by atomic mass is 35.5. The number of hydrogen-bond acceptors (Lipinski definition) is 3. The lowest BCUT2D eigenvalue weighted by Gasteiger charge is -2.36. The summed E-state index contributed by atoms with van der Waals surface area (Å²) in [6, 6.07) is 3.99. The average Bonchev–Trinajstić information content (AvgIpc) is 2.73. The minimum absolute atomic E-state index is 0.0949. The van der Waals surface area contributed by atoms with E-state index < -0.39 is 5.97 Å². The Labute approximate surface area is 123 Å².